The van der Waals surface area contributed by atoms with Crippen LogP contribution in [-0.4, -0.2) is 44.9 Å². The average Bonchev–Trinajstić information content (AvgIpc) is 3.26. The molecule has 4 heterocycles. The summed E-state index contributed by atoms with van der Waals surface area (Å²) in [6, 6.07) is 8.87. The van der Waals surface area contributed by atoms with Crippen LogP contribution >= 0.6 is 0 Å². The first-order chi connectivity index (χ1) is 19.2. The molecule has 0 unspecified atom stereocenters. The molecule has 0 bridgehead atoms. The highest BCUT2D eigenvalue weighted by molar-refractivity contribution is 6.04. The first-order valence-electron chi connectivity index (χ1n) is 12.1. The molecule has 40 heavy (non-hydrogen) atoms. The number of hydrogen-bond donors (Lipinski definition) is 2. The lowest BCUT2D eigenvalue weighted by molar-refractivity contribution is 0.102. The second kappa shape index (κ2) is 10.5. The van der Waals surface area contributed by atoms with Gasteiger partial charge in [-0.05, 0) is 32.0 Å². The number of hydrogen-bond acceptors (Lipinski definition) is 8. The Morgan fingerprint density at radius 3 is 2.52 bits per heavy atom. The molecule has 204 valence electrons. The first-order valence-corrected chi connectivity index (χ1v) is 12.1. The van der Waals surface area contributed by atoms with Crippen molar-refractivity contribution in [3.63, 3.8) is 0 Å². The Bertz CT molecular complexity index is 1830. The molecule has 4 aromatic heterocycles. The number of methoxy groups -OCH3 is 2. The van der Waals surface area contributed by atoms with E-state index in [9.17, 15) is 9.59 Å². The number of halogens is 1. The minimum Gasteiger partial charge on any atom is -0.491 e. The monoisotopic (exact) mass is 544 g/mol. The van der Waals surface area contributed by atoms with E-state index in [1.54, 1.807) is 36.9 Å². The van der Waals surface area contributed by atoms with Crippen LogP contribution in [0.5, 0.6) is 23.1 Å². The summed E-state index contributed by atoms with van der Waals surface area (Å²) in [6.45, 7) is 3.55. The molecule has 0 saturated heterocycles. The van der Waals surface area contributed by atoms with Crippen LogP contribution in [0.3, 0.4) is 0 Å². The smallest absolute Gasteiger partial charge is 0.261 e. The Balaban J connectivity index is 1.41. The number of H-pyrrole nitrogens is 1. The standard InChI is InChI=1S/C28H25FN6O5/c1-14-10-20(35(3)34-14)24-15(2)31-13-17(26(24)36)27(37)32-16-6-7-21(18(29)11-16)40-22-8-9-30-19-12-23(38-4)28(39-5)33-25(19)22/h6-13H,1-5H3,(H,31,36)(H,32,37). The van der Waals surface area contributed by atoms with Crippen molar-refractivity contribution in [2.75, 3.05) is 19.5 Å². The average molecular weight is 545 g/mol. The Morgan fingerprint density at radius 2 is 1.85 bits per heavy atom. The zero-order valence-electron chi connectivity index (χ0n) is 22.3. The summed E-state index contributed by atoms with van der Waals surface area (Å²) >= 11 is 0. The first kappa shape index (κ1) is 26.4. The molecule has 1 amide bonds. The molecule has 0 aliphatic heterocycles. The second-order valence-corrected chi connectivity index (χ2v) is 8.90. The third-order valence-electron chi connectivity index (χ3n) is 6.21. The summed E-state index contributed by atoms with van der Waals surface area (Å²) in [7, 11) is 4.65. The summed E-state index contributed by atoms with van der Waals surface area (Å²) in [5, 5.41) is 6.86. The lowest BCUT2D eigenvalue weighted by atomic mass is 10.1. The highest BCUT2D eigenvalue weighted by Gasteiger charge is 2.20. The van der Waals surface area contributed by atoms with Crippen LogP contribution in [0.2, 0.25) is 0 Å². The molecule has 0 aliphatic carbocycles. The number of benzene rings is 1. The lowest BCUT2D eigenvalue weighted by Gasteiger charge is -2.13. The van der Waals surface area contributed by atoms with Crippen molar-refractivity contribution in [1.29, 1.82) is 0 Å². The predicted octanol–water partition coefficient (Wildman–Crippen LogP) is 4.54. The van der Waals surface area contributed by atoms with Gasteiger partial charge in [-0.15, -0.1) is 0 Å². The topological polar surface area (TPSA) is 133 Å². The van der Waals surface area contributed by atoms with Crippen LogP contribution in [-0.2, 0) is 7.05 Å². The molecule has 1 aromatic carbocycles. The molecule has 5 aromatic rings. The number of fused-ring (bicyclic) bond motifs is 1. The van der Waals surface area contributed by atoms with Gasteiger partial charge in [0.25, 0.3) is 11.8 Å². The highest BCUT2D eigenvalue weighted by Crippen LogP contribution is 2.35. The van der Waals surface area contributed by atoms with E-state index in [0.29, 0.717) is 33.7 Å². The SMILES string of the molecule is COc1cc2nccc(Oc3ccc(NC(=O)c4c[nH]c(C)c(-c5cc(C)nn5C)c4=O)cc3F)c2nc1OC. The van der Waals surface area contributed by atoms with Gasteiger partial charge in [-0.3, -0.25) is 19.3 Å². The van der Waals surface area contributed by atoms with Gasteiger partial charge in [0, 0.05) is 49.0 Å². The number of nitrogens with zero attached hydrogens (tertiary/aromatic N) is 4. The van der Waals surface area contributed by atoms with Crippen molar-refractivity contribution in [3.8, 4) is 34.4 Å². The van der Waals surface area contributed by atoms with E-state index in [1.165, 1.54) is 38.7 Å². The van der Waals surface area contributed by atoms with Crippen molar-refractivity contribution < 1.29 is 23.4 Å². The summed E-state index contributed by atoms with van der Waals surface area (Å²) in [4.78, 5) is 37.9. The van der Waals surface area contributed by atoms with E-state index in [2.05, 4.69) is 25.4 Å². The quantitative estimate of drug-likeness (QED) is 0.305. The van der Waals surface area contributed by atoms with Crippen molar-refractivity contribution in [1.82, 2.24) is 24.7 Å². The molecule has 5 rings (SSSR count). The summed E-state index contributed by atoms with van der Waals surface area (Å²) in [5.74, 6) is -0.693. The van der Waals surface area contributed by atoms with Gasteiger partial charge in [0.05, 0.1) is 36.7 Å². The number of amides is 1. The number of carbonyl (C=O) groups is 1. The normalized spacial score (nSPS) is 10.9. The van der Waals surface area contributed by atoms with Gasteiger partial charge in [0.15, 0.2) is 23.1 Å². The minimum atomic E-state index is -0.743. The van der Waals surface area contributed by atoms with Crippen molar-refractivity contribution in [3.05, 3.63) is 81.8 Å². The number of aromatic amines is 1. The summed E-state index contributed by atoms with van der Waals surface area (Å²) in [6.07, 6.45) is 2.83. The largest absolute Gasteiger partial charge is 0.491 e. The van der Waals surface area contributed by atoms with E-state index >= 15 is 4.39 Å². The van der Waals surface area contributed by atoms with Gasteiger partial charge >= 0.3 is 0 Å². The number of carbonyl (C=O) groups excluding carboxylic acids is 1. The van der Waals surface area contributed by atoms with E-state index in [4.69, 9.17) is 14.2 Å². The predicted molar refractivity (Wildman–Crippen MR) is 146 cm³/mol. The van der Waals surface area contributed by atoms with Crippen LogP contribution in [0.25, 0.3) is 22.3 Å². The zero-order valence-corrected chi connectivity index (χ0v) is 22.3. The number of anilines is 1. The summed E-state index contributed by atoms with van der Waals surface area (Å²) in [5.41, 5.74) is 2.57. The minimum absolute atomic E-state index is 0.107. The van der Waals surface area contributed by atoms with Crippen molar-refractivity contribution in [2.45, 2.75) is 13.8 Å². The molecule has 0 saturated carbocycles. The number of aromatic nitrogens is 5. The molecule has 2 N–H and O–H groups in total. The van der Waals surface area contributed by atoms with Gasteiger partial charge in [-0.1, -0.05) is 0 Å². The van der Waals surface area contributed by atoms with Gasteiger partial charge < -0.3 is 24.5 Å². The molecule has 0 radical (unpaired) electrons. The van der Waals surface area contributed by atoms with Crippen molar-refractivity contribution >= 4 is 22.6 Å². The van der Waals surface area contributed by atoms with Gasteiger partial charge in [0.1, 0.15) is 11.1 Å². The fraction of sp³-hybridized carbons (Fsp3) is 0.179. The lowest BCUT2D eigenvalue weighted by Crippen LogP contribution is -2.24. The number of pyridine rings is 3. The van der Waals surface area contributed by atoms with E-state index < -0.39 is 17.2 Å². The Labute approximate surface area is 227 Å². The van der Waals surface area contributed by atoms with Crippen LogP contribution in [0.1, 0.15) is 21.7 Å². The van der Waals surface area contributed by atoms with E-state index in [1.807, 2.05) is 6.92 Å². The second-order valence-electron chi connectivity index (χ2n) is 8.90. The van der Waals surface area contributed by atoms with E-state index in [0.717, 1.165) is 11.8 Å². The molecule has 12 heteroatoms. The van der Waals surface area contributed by atoms with Crippen LogP contribution in [0.4, 0.5) is 10.1 Å². The van der Waals surface area contributed by atoms with Crippen LogP contribution < -0.4 is 25.0 Å². The Kier molecular flexibility index (Phi) is 6.91. The third kappa shape index (κ3) is 4.82. The molecular weight excluding hydrogens is 519 g/mol. The number of ether oxygens (including phenoxy) is 3. The van der Waals surface area contributed by atoms with Crippen LogP contribution in [0.15, 0.2) is 53.6 Å². The molecule has 0 atom stereocenters. The fourth-order valence-electron chi connectivity index (χ4n) is 4.31. The zero-order chi connectivity index (χ0) is 28.6. The molecular formula is C28H25FN6O5. The van der Waals surface area contributed by atoms with Gasteiger partial charge in [-0.25, -0.2) is 9.37 Å². The summed E-state index contributed by atoms with van der Waals surface area (Å²) < 4.78 is 33.0. The molecule has 0 fully saturated rings. The van der Waals surface area contributed by atoms with Crippen LogP contribution in [0, 0.1) is 19.7 Å². The number of aryl methyl sites for hydroxylation is 3. The maximum Gasteiger partial charge on any atom is 0.261 e. The number of rotatable bonds is 7. The highest BCUT2D eigenvalue weighted by atomic mass is 19.1. The van der Waals surface area contributed by atoms with Crippen molar-refractivity contribution in [2.24, 2.45) is 7.05 Å². The third-order valence-corrected chi connectivity index (χ3v) is 6.21. The Morgan fingerprint density at radius 1 is 1.05 bits per heavy atom. The molecule has 11 nitrogen and oxygen atoms in total. The molecule has 0 aliphatic rings. The maximum absolute atomic E-state index is 15.1. The maximum atomic E-state index is 15.1. The Hall–Kier alpha value is -5.26. The van der Waals surface area contributed by atoms with E-state index in [-0.39, 0.29) is 28.6 Å². The fourth-order valence-corrected chi connectivity index (χ4v) is 4.31. The van der Waals surface area contributed by atoms with Gasteiger partial charge in [-0.2, -0.15) is 5.10 Å². The number of nitrogens with one attached hydrogen (secondary N) is 2. The molecule has 0 spiro atoms. The van der Waals surface area contributed by atoms with Gasteiger partial charge in [0.2, 0.25) is 5.43 Å².